The molecule has 180 valence electrons. The number of carboxylic acids is 1. The van der Waals surface area contributed by atoms with Gasteiger partial charge in [-0.3, -0.25) is 9.20 Å². The maximum atomic E-state index is 13.4. The predicted molar refractivity (Wildman–Crippen MR) is 133 cm³/mol. The highest BCUT2D eigenvalue weighted by atomic mass is 16.5. The molecule has 1 aliphatic heterocycles. The molecule has 0 bridgehead atoms. The van der Waals surface area contributed by atoms with Crippen molar-refractivity contribution in [3.8, 4) is 0 Å². The van der Waals surface area contributed by atoms with E-state index < -0.39 is 5.97 Å². The fourth-order valence-corrected chi connectivity index (χ4v) is 4.61. The second-order valence-corrected chi connectivity index (χ2v) is 9.39. The van der Waals surface area contributed by atoms with E-state index in [9.17, 15) is 14.7 Å². The largest absolute Gasteiger partial charge is 0.478 e. The number of aryl methyl sites for hydroxylation is 1. The van der Waals surface area contributed by atoms with Crippen LogP contribution in [0.25, 0.3) is 5.65 Å². The molecule has 3 aromatic rings. The molecular weight excluding hydrogens is 432 g/mol. The molecule has 3 heterocycles. The van der Waals surface area contributed by atoms with Crippen LogP contribution in [0.2, 0.25) is 0 Å². The van der Waals surface area contributed by atoms with E-state index in [0.29, 0.717) is 22.7 Å². The van der Waals surface area contributed by atoms with Gasteiger partial charge in [0, 0.05) is 37.6 Å². The Morgan fingerprint density at radius 1 is 1.24 bits per heavy atom. The molecule has 2 aromatic heterocycles. The Hall–Kier alpha value is -3.39. The first-order chi connectivity index (χ1) is 16.1. The number of nitrogens with zero attached hydrogens (tertiary/aromatic N) is 3. The highest BCUT2D eigenvalue weighted by Gasteiger charge is 2.31. The molecule has 1 aliphatic rings. The summed E-state index contributed by atoms with van der Waals surface area (Å²) in [5.74, 6) is -0.295. The Kier molecular flexibility index (Phi) is 6.36. The number of fused-ring (bicyclic) bond motifs is 1. The number of rotatable bonds is 6. The van der Waals surface area contributed by atoms with Gasteiger partial charge in [0.25, 0.3) is 5.56 Å². The van der Waals surface area contributed by atoms with Crippen LogP contribution < -0.4 is 15.8 Å². The normalized spacial score (nSPS) is 16.4. The first-order valence-corrected chi connectivity index (χ1v) is 11.6. The summed E-state index contributed by atoms with van der Waals surface area (Å²) in [4.78, 5) is 32.2. The van der Waals surface area contributed by atoms with Gasteiger partial charge in [-0.2, -0.15) is 0 Å². The highest BCUT2D eigenvalue weighted by Crippen LogP contribution is 2.30. The number of aromatic carboxylic acids is 1. The van der Waals surface area contributed by atoms with Crippen LogP contribution in [0.15, 0.2) is 41.3 Å². The molecule has 2 N–H and O–H groups in total. The number of aromatic nitrogens is 2. The van der Waals surface area contributed by atoms with Gasteiger partial charge in [-0.25, -0.2) is 9.78 Å². The molecule has 0 aliphatic carbocycles. The molecule has 1 saturated heterocycles. The third-order valence-electron chi connectivity index (χ3n) is 6.90. The lowest BCUT2D eigenvalue weighted by molar-refractivity contribution is -0.0133. The summed E-state index contributed by atoms with van der Waals surface area (Å²) in [5.41, 5.74) is 3.41. The van der Waals surface area contributed by atoms with Crippen molar-refractivity contribution < 1.29 is 14.6 Å². The van der Waals surface area contributed by atoms with Crippen LogP contribution in [-0.2, 0) is 4.74 Å². The summed E-state index contributed by atoms with van der Waals surface area (Å²) in [6.45, 7) is 9.34. The lowest BCUT2D eigenvalue weighted by Crippen LogP contribution is -2.44. The fourth-order valence-electron chi connectivity index (χ4n) is 4.61. The molecule has 0 spiro atoms. The summed E-state index contributed by atoms with van der Waals surface area (Å²) in [7, 11) is 1.74. The Bertz CT molecular complexity index is 1290. The van der Waals surface area contributed by atoms with Gasteiger partial charge in [0.1, 0.15) is 11.5 Å². The van der Waals surface area contributed by atoms with Crippen molar-refractivity contribution in [3.05, 3.63) is 69.1 Å². The second-order valence-electron chi connectivity index (χ2n) is 9.39. The summed E-state index contributed by atoms with van der Waals surface area (Å²) >= 11 is 0. The van der Waals surface area contributed by atoms with Crippen LogP contribution in [-0.4, -0.2) is 46.3 Å². The number of carbonyl (C=O) groups is 1. The standard InChI is InChI=1S/C26H32N4O4/c1-16-14-20(18(3)27-21-9-7-6-8-19(21)25(32)33)23-28-22(17(2)24(31)30(23)15-16)29-12-10-26(4,34-5)11-13-29/h6-9,14-15,18,27H,10-13H2,1-5H3,(H,32,33). The maximum absolute atomic E-state index is 13.4. The van der Waals surface area contributed by atoms with Crippen molar-refractivity contribution in [2.45, 2.75) is 52.2 Å². The minimum atomic E-state index is -0.996. The lowest BCUT2D eigenvalue weighted by Gasteiger charge is -2.39. The molecule has 1 aromatic carbocycles. The third-order valence-corrected chi connectivity index (χ3v) is 6.90. The van der Waals surface area contributed by atoms with Crippen LogP contribution in [0, 0.1) is 13.8 Å². The zero-order valence-corrected chi connectivity index (χ0v) is 20.4. The number of hydrogen-bond acceptors (Lipinski definition) is 6. The van der Waals surface area contributed by atoms with Crippen LogP contribution in [0.1, 0.15) is 59.8 Å². The SMILES string of the molecule is COC1(C)CCN(c2nc3c(C(C)Nc4ccccc4C(=O)O)cc(C)cn3c(=O)c2C)CC1. The minimum Gasteiger partial charge on any atom is -0.478 e. The average Bonchev–Trinajstić information content (AvgIpc) is 2.82. The predicted octanol–water partition coefficient (Wildman–Crippen LogP) is 4.19. The van der Waals surface area contributed by atoms with E-state index in [4.69, 9.17) is 9.72 Å². The summed E-state index contributed by atoms with van der Waals surface area (Å²) < 4.78 is 7.28. The number of carboxylic acid groups (broad SMARTS) is 1. The van der Waals surface area contributed by atoms with Gasteiger partial charge in [-0.05, 0) is 64.3 Å². The number of nitrogens with one attached hydrogen (secondary N) is 1. The zero-order chi connectivity index (χ0) is 24.6. The van der Waals surface area contributed by atoms with Crippen LogP contribution in [0.3, 0.4) is 0 Å². The molecule has 34 heavy (non-hydrogen) atoms. The molecule has 1 unspecified atom stereocenters. The third kappa shape index (κ3) is 4.37. The topological polar surface area (TPSA) is 96.2 Å². The minimum absolute atomic E-state index is 0.0943. The first-order valence-electron chi connectivity index (χ1n) is 11.6. The van der Waals surface area contributed by atoms with Gasteiger partial charge in [0.2, 0.25) is 0 Å². The van der Waals surface area contributed by atoms with Crippen molar-refractivity contribution >= 4 is 23.1 Å². The van der Waals surface area contributed by atoms with E-state index in [-0.39, 0.29) is 22.8 Å². The monoisotopic (exact) mass is 464 g/mol. The highest BCUT2D eigenvalue weighted by molar-refractivity contribution is 5.94. The van der Waals surface area contributed by atoms with Gasteiger partial charge in [-0.1, -0.05) is 12.1 Å². The fraction of sp³-hybridized carbons (Fsp3) is 0.423. The molecule has 8 nitrogen and oxygen atoms in total. The number of hydrogen-bond donors (Lipinski definition) is 2. The quantitative estimate of drug-likeness (QED) is 0.565. The molecule has 8 heteroatoms. The Morgan fingerprint density at radius 3 is 2.56 bits per heavy atom. The van der Waals surface area contributed by atoms with Crippen molar-refractivity contribution in [1.82, 2.24) is 9.38 Å². The van der Waals surface area contributed by atoms with E-state index in [0.717, 1.165) is 37.1 Å². The average molecular weight is 465 g/mol. The molecule has 0 amide bonds. The Balaban J connectivity index is 1.77. The van der Waals surface area contributed by atoms with Crippen molar-refractivity contribution in [2.24, 2.45) is 0 Å². The summed E-state index contributed by atoms with van der Waals surface area (Å²) in [5, 5.41) is 12.9. The summed E-state index contributed by atoms with van der Waals surface area (Å²) in [6.07, 6.45) is 3.52. The van der Waals surface area contributed by atoms with Gasteiger partial charge in [0.05, 0.1) is 22.8 Å². The van der Waals surface area contributed by atoms with Crippen molar-refractivity contribution in [2.75, 3.05) is 30.4 Å². The van der Waals surface area contributed by atoms with Gasteiger partial charge in [0.15, 0.2) is 0 Å². The number of methoxy groups -OCH3 is 1. The van der Waals surface area contributed by atoms with E-state index in [1.54, 1.807) is 42.0 Å². The molecule has 1 fully saturated rings. The first kappa shape index (κ1) is 23.8. The van der Waals surface area contributed by atoms with E-state index in [2.05, 4.69) is 17.1 Å². The van der Waals surface area contributed by atoms with Gasteiger partial charge >= 0.3 is 5.97 Å². The number of ether oxygens (including phenoxy) is 1. The lowest BCUT2D eigenvalue weighted by atomic mass is 9.93. The molecule has 0 saturated carbocycles. The Labute approximate surface area is 199 Å². The molecular formula is C26H32N4O4. The van der Waals surface area contributed by atoms with Crippen molar-refractivity contribution in [1.29, 1.82) is 0 Å². The van der Waals surface area contributed by atoms with Gasteiger partial charge in [-0.15, -0.1) is 0 Å². The number of benzene rings is 1. The molecule has 1 atom stereocenters. The van der Waals surface area contributed by atoms with Gasteiger partial charge < -0.3 is 20.1 Å². The smallest absolute Gasteiger partial charge is 0.337 e. The number of anilines is 2. The molecule has 4 rings (SSSR count). The van der Waals surface area contributed by atoms with E-state index >= 15 is 0 Å². The number of para-hydroxylation sites is 1. The van der Waals surface area contributed by atoms with E-state index in [1.165, 1.54) is 0 Å². The van der Waals surface area contributed by atoms with Crippen LogP contribution in [0.4, 0.5) is 11.5 Å². The van der Waals surface area contributed by atoms with Crippen LogP contribution >= 0.6 is 0 Å². The maximum Gasteiger partial charge on any atom is 0.337 e. The number of pyridine rings is 1. The molecule has 0 radical (unpaired) electrons. The Morgan fingerprint density at radius 2 is 1.91 bits per heavy atom. The van der Waals surface area contributed by atoms with Crippen LogP contribution in [0.5, 0.6) is 0 Å². The zero-order valence-electron chi connectivity index (χ0n) is 20.4. The van der Waals surface area contributed by atoms with E-state index in [1.807, 2.05) is 26.8 Å². The number of piperidine rings is 1. The summed E-state index contributed by atoms with van der Waals surface area (Å²) in [6, 6.07) is 8.53. The van der Waals surface area contributed by atoms with Crippen molar-refractivity contribution in [3.63, 3.8) is 0 Å². The second kappa shape index (κ2) is 9.10.